The van der Waals surface area contributed by atoms with E-state index in [0.29, 0.717) is 23.7 Å². The Kier molecular flexibility index (Phi) is 6.62. The van der Waals surface area contributed by atoms with Crippen LogP contribution in [0.5, 0.6) is 0 Å². The monoisotopic (exact) mass is 459 g/mol. The molecule has 0 aliphatic carbocycles. The molecular weight excluding hydrogens is 430 g/mol. The number of rotatable bonds is 8. The first-order chi connectivity index (χ1) is 16.4. The number of hydrazone groups is 1. The van der Waals surface area contributed by atoms with E-state index < -0.39 is 11.2 Å². The molecule has 0 aliphatic heterocycles. The lowest BCUT2D eigenvalue weighted by atomic mass is 10.2. The first kappa shape index (κ1) is 23.0. The summed E-state index contributed by atoms with van der Waals surface area (Å²) < 4.78 is 4.22. The lowest BCUT2D eigenvalue weighted by Crippen LogP contribution is -2.37. The average molecular weight is 460 g/mol. The standard InChI is InChI=1S/C25H29N7O2/c1-5-31(6-2)20-14-12-18(13-15-20)16-26-28-24-27-22-21(23(33)30(4)25(34)29(22)3)32(24)17-19-10-8-7-9-11-19/h7-16H,5-6,17H2,1-4H3,(H,27,28)/b26-16-. The Hall–Kier alpha value is -4.14. The Morgan fingerprint density at radius 2 is 1.65 bits per heavy atom. The molecule has 34 heavy (non-hydrogen) atoms. The van der Waals surface area contributed by atoms with Crippen molar-refractivity contribution in [2.75, 3.05) is 23.4 Å². The lowest BCUT2D eigenvalue weighted by molar-refractivity contribution is 0.702. The number of anilines is 2. The Morgan fingerprint density at radius 1 is 0.971 bits per heavy atom. The molecule has 0 saturated heterocycles. The molecule has 4 rings (SSSR count). The van der Waals surface area contributed by atoms with Gasteiger partial charge in [-0.05, 0) is 37.1 Å². The van der Waals surface area contributed by atoms with Crippen LogP contribution in [-0.4, -0.2) is 38.0 Å². The molecule has 0 fully saturated rings. The van der Waals surface area contributed by atoms with Gasteiger partial charge in [-0.15, -0.1) is 0 Å². The van der Waals surface area contributed by atoms with Gasteiger partial charge in [0.2, 0.25) is 5.95 Å². The Labute approximate surface area is 197 Å². The van der Waals surface area contributed by atoms with Crippen LogP contribution in [0.4, 0.5) is 11.6 Å². The van der Waals surface area contributed by atoms with Gasteiger partial charge in [0.1, 0.15) is 0 Å². The molecule has 0 radical (unpaired) electrons. The lowest BCUT2D eigenvalue weighted by Gasteiger charge is -2.20. The minimum Gasteiger partial charge on any atom is -0.372 e. The number of fused-ring (bicyclic) bond motifs is 1. The quantitative estimate of drug-likeness (QED) is 0.323. The number of aromatic nitrogens is 4. The van der Waals surface area contributed by atoms with Crippen molar-refractivity contribution in [3.8, 4) is 0 Å². The van der Waals surface area contributed by atoms with Crippen LogP contribution in [0.2, 0.25) is 0 Å². The van der Waals surface area contributed by atoms with Gasteiger partial charge >= 0.3 is 5.69 Å². The van der Waals surface area contributed by atoms with Gasteiger partial charge in [0.05, 0.1) is 12.8 Å². The van der Waals surface area contributed by atoms with E-state index in [2.05, 4.69) is 46.4 Å². The zero-order valence-electron chi connectivity index (χ0n) is 19.9. The normalized spacial score (nSPS) is 11.4. The Morgan fingerprint density at radius 3 is 2.29 bits per heavy atom. The molecule has 0 spiro atoms. The van der Waals surface area contributed by atoms with Crippen LogP contribution >= 0.6 is 0 Å². The molecule has 2 heterocycles. The fourth-order valence-electron chi connectivity index (χ4n) is 3.98. The van der Waals surface area contributed by atoms with Crippen LogP contribution < -0.4 is 21.6 Å². The van der Waals surface area contributed by atoms with E-state index in [0.717, 1.165) is 34.5 Å². The molecule has 176 valence electrons. The van der Waals surface area contributed by atoms with Crippen molar-refractivity contribution in [1.82, 2.24) is 18.7 Å². The average Bonchev–Trinajstić information content (AvgIpc) is 3.22. The topological polar surface area (TPSA) is 89.5 Å². The summed E-state index contributed by atoms with van der Waals surface area (Å²) in [5.74, 6) is 0.383. The second-order valence-electron chi connectivity index (χ2n) is 8.02. The number of aryl methyl sites for hydroxylation is 1. The molecule has 0 saturated carbocycles. The molecule has 2 aromatic carbocycles. The van der Waals surface area contributed by atoms with E-state index >= 15 is 0 Å². The molecule has 0 amide bonds. The number of nitrogens with one attached hydrogen (secondary N) is 1. The number of hydrogen-bond donors (Lipinski definition) is 1. The maximum atomic E-state index is 13.0. The van der Waals surface area contributed by atoms with Crippen LogP contribution in [0, 0.1) is 0 Å². The Bertz CT molecular complexity index is 1430. The highest BCUT2D eigenvalue weighted by Crippen LogP contribution is 2.18. The van der Waals surface area contributed by atoms with Crippen LogP contribution in [0.1, 0.15) is 25.0 Å². The van der Waals surface area contributed by atoms with E-state index in [1.165, 1.54) is 11.6 Å². The highest BCUT2D eigenvalue weighted by atomic mass is 16.2. The van der Waals surface area contributed by atoms with Gasteiger partial charge < -0.3 is 4.90 Å². The molecule has 1 N–H and O–H groups in total. The van der Waals surface area contributed by atoms with E-state index in [4.69, 9.17) is 0 Å². The van der Waals surface area contributed by atoms with Crippen molar-refractivity contribution >= 4 is 29.0 Å². The van der Waals surface area contributed by atoms with Crippen LogP contribution in [-0.2, 0) is 20.6 Å². The van der Waals surface area contributed by atoms with Gasteiger partial charge in [-0.25, -0.2) is 10.2 Å². The summed E-state index contributed by atoms with van der Waals surface area (Å²) in [6, 6.07) is 17.9. The maximum absolute atomic E-state index is 13.0. The highest BCUT2D eigenvalue weighted by molar-refractivity contribution is 5.81. The molecule has 0 aliphatic rings. The smallest absolute Gasteiger partial charge is 0.332 e. The molecule has 4 aromatic rings. The predicted octanol–water partition coefficient (Wildman–Crippen LogP) is 2.77. The van der Waals surface area contributed by atoms with Gasteiger partial charge in [-0.2, -0.15) is 10.1 Å². The minimum atomic E-state index is -0.426. The Balaban J connectivity index is 1.70. The molecule has 9 heteroatoms. The molecule has 0 bridgehead atoms. The van der Waals surface area contributed by atoms with E-state index in [1.54, 1.807) is 17.8 Å². The fourth-order valence-corrected chi connectivity index (χ4v) is 3.98. The molecule has 0 unspecified atom stereocenters. The van der Waals surface area contributed by atoms with Crippen molar-refractivity contribution < 1.29 is 0 Å². The third-order valence-electron chi connectivity index (χ3n) is 5.93. The summed E-state index contributed by atoms with van der Waals surface area (Å²) >= 11 is 0. The molecular formula is C25H29N7O2. The second kappa shape index (κ2) is 9.78. The zero-order valence-corrected chi connectivity index (χ0v) is 19.9. The van der Waals surface area contributed by atoms with Crippen molar-refractivity contribution in [3.05, 3.63) is 86.6 Å². The number of hydrogen-bond acceptors (Lipinski definition) is 6. The summed E-state index contributed by atoms with van der Waals surface area (Å²) in [7, 11) is 3.07. The number of imidazole rings is 1. The highest BCUT2D eigenvalue weighted by Gasteiger charge is 2.19. The van der Waals surface area contributed by atoms with Gasteiger partial charge in [0, 0.05) is 32.9 Å². The summed E-state index contributed by atoms with van der Waals surface area (Å²) in [5, 5.41) is 4.36. The van der Waals surface area contributed by atoms with Gasteiger partial charge in [0.25, 0.3) is 5.56 Å². The van der Waals surface area contributed by atoms with Crippen molar-refractivity contribution in [2.45, 2.75) is 20.4 Å². The first-order valence-corrected chi connectivity index (χ1v) is 11.3. The van der Waals surface area contributed by atoms with E-state index in [9.17, 15) is 9.59 Å². The van der Waals surface area contributed by atoms with Crippen molar-refractivity contribution in [2.24, 2.45) is 19.2 Å². The SMILES string of the molecule is CCN(CC)c1ccc(/C=N\Nc2nc3c(c(=O)n(C)c(=O)n3C)n2Cc2ccccc2)cc1. The summed E-state index contributed by atoms with van der Waals surface area (Å²) in [6.45, 7) is 6.57. The fraction of sp³-hybridized carbons (Fsp3) is 0.280. The summed E-state index contributed by atoms with van der Waals surface area (Å²) in [4.78, 5) is 32.2. The first-order valence-electron chi connectivity index (χ1n) is 11.3. The van der Waals surface area contributed by atoms with Crippen molar-refractivity contribution in [1.29, 1.82) is 0 Å². The van der Waals surface area contributed by atoms with Crippen LogP contribution in [0.25, 0.3) is 11.2 Å². The second-order valence-corrected chi connectivity index (χ2v) is 8.02. The third-order valence-corrected chi connectivity index (χ3v) is 5.93. The van der Waals surface area contributed by atoms with Crippen LogP contribution in [0.3, 0.4) is 0 Å². The van der Waals surface area contributed by atoms with Gasteiger partial charge in [0.15, 0.2) is 11.2 Å². The minimum absolute atomic E-state index is 0.310. The largest absolute Gasteiger partial charge is 0.372 e. The van der Waals surface area contributed by atoms with E-state index in [-0.39, 0.29) is 0 Å². The molecule has 9 nitrogen and oxygen atoms in total. The number of nitrogens with zero attached hydrogens (tertiary/aromatic N) is 6. The summed E-state index contributed by atoms with van der Waals surface area (Å²) in [5.41, 5.74) is 5.89. The van der Waals surface area contributed by atoms with Gasteiger partial charge in [-0.3, -0.25) is 18.5 Å². The molecule has 0 atom stereocenters. The third kappa shape index (κ3) is 4.36. The zero-order chi connectivity index (χ0) is 24.2. The van der Waals surface area contributed by atoms with E-state index in [1.807, 2.05) is 42.5 Å². The summed E-state index contributed by atoms with van der Waals surface area (Å²) in [6.07, 6.45) is 1.70. The predicted molar refractivity (Wildman–Crippen MR) is 137 cm³/mol. The number of benzene rings is 2. The van der Waals surface area contributed by atoms with Crippen molar-refractivity contribution in [3.63, 3.8) is 0 Å². The van der Waals surface area contributed by atoms with Crippen LogP contribution in [0.15, 0.2) is 69.3 Å². The maximum Gasteiger partial charge on any atom is 0.332 e. The molecule has 2 aromatic heterocycles. The van der Waals surface area contributed by atoms with Gasteiger partial charge in [-0.1, -0.05) is 42.5 Å².